The predicted molar refractivity (Wildman–Crippen MR) is 80.3 cm³/mol. The van der Waals surface area contributed by atoms with Gasteiger partial charge in [0.15, 0.2) is 0 Å². The van der Waals surface area contributed by atoms with E-state index in [9.17, 15) is 0 Å². The molecular formula is C12H9Cl2IN2O. The summed E-state index contributed by atoms with van der Waals surface area (Å²) in [6, 6.07) is 5.56. The molecule has 2 heterocycles. The van der Waals surface area contributed by atoms with Crippen LogP contribution in [0.5, 0.6) is 5.75 Å². The zero-order valence-electron chi connectivity index (χ0n) is 9.45. The third-order valence-electron chi connectivity index (χ3n) is 2.31. The summed E-state index contributed by atoms with van der Waals surface area (Å²) in [5, 5.41) is 0.713. The second-order valence-corrected chi connectivity index (χ2v) is 5.42. The second-order valence-electron chi connectivity index (χ2n) is 3.58. The zero-order chi connectivity index (χ0) is 13.1. The number of hydrogen-bond donors (Lipinski definition) is 0. The molecule has 0 atom stereocenters. The molecule has 0 aromatic carbocycles. The van der Waals surface area contributed by atoms with Crippen LogP contribution in [0.15, 0.2) is 24.4 Å². The SMILES string of the molecule is Cc1nc(I)ccc1OCc1ccnc(Cl)c1Cl. The van der Waals surface area contributed by atoms with E-state index in [4.69, 9.17) is 27.9 Å². The van der Waals surface area contributed by atoms with Crippen LogP contribution >= 0.6 is 45.8 Å². The lowest BCUT2D eigenvalue weighted by Crippen LogP contribution is -2.00. The van der Waals surface area contributed by atoms with E-state index in [2.05, 4.69) is 32.6 Å². The van der Waals surface area contributed by atoms with Crippen molar-refractivity contribution in [2.45, 2.75) is 13.5 Å². The van der Waals surface area contributed by atoms with Gasteiger partial charge in [0.25, 0.3) is 0 Å². The number of halogens is 3. The van der Waals surface area contributed by atoms with Crippen molar-refractivity contribution in [1.29, 1.82) is 0 Å². The monoisotopic (exact) mass is 394 g/mol. The average molecular weight is 395 g/mol. The molecule has 0 fully saturated rings. The van der Waals surface area contributed by atoms with Gasteiger partial charge in [0.2, 0.25) is 0 Å². The first-order chi connectivity index (χ1) is 8.58. The van der Waals surface area contributed by atoms with E-state index in [1.807, 2.05) is 19.1 Å². The smallest absolute Gasteiger partial charge is 0.147 e. The van der Waals surface area contributed by atoms with Gasteiger partial charge in [-0.05, 0) is 47.7 Å². The van der Waals surface area contributed by atoms with Gasteiger partial charge in [0.05, 0.1) is 10.7 Å². The summed E-state index contributed by atoms with van der Waals surface area (Å²) >= 11 is 14.0. The molecule has 6 heteroatoms. The van der Waals surface area contributed by atoms with Crippen molar-refractivity contribution in [3.8, 4) is 5.75 Å². The van der Waals surface area contributed by atoms with Gasteiger partial charge >= 0.3 is 0 Å². The van der Waals surface area contributed by atoms with Crippen molar-refractivity contribution >= 4 is 45.8 Å². The van der Waals surface area contributed by atoms with E-state index in [1.165, 1.54) is 0 Å². The van der Waals surface area contributed by atoms with Crippen LogP contribution in [0.1, 0.15) is 11.3 Å². The van der Waals surface area contributed by atoms with Gasteiger partial charge in [-0.1, -0.05) is 23.2 Å². The molecular weight excluding hydrogens is 386 g/mol. The fourth-order valence-electron chi connectivity index (χ4n) is 1.39. The molecule has 2 aromatic rings. The summed E-state index contributed by atoms with van der Waals surface area (Å²) in [6.07, 6.45) is 1.60. The van der Waals surface area contributed by atoms with Gasteiger partial charge in [0.1, 0.15) is 21.2 Å². The molecule has 0 aliphatic carbocycles. The first kappa shape index (κ1) is 13.8. The number of pyridine rings is 2. The minimum atomic E-state index is 0.287. The molecule has 3 nitrogen and oxygen atoms in total. The lowest BCUT2D eigenvalue weighted by molar-refractivity contribution is 0.302. The molecule has 0 saturated carbocycles. The van der Waals surface area contributed by atoms with Crippen LogP contribution in [-0.2, 0) is 6.61 Å². The summed E-state index contributed by atoms with van der Waals surface area (Å²) in [7, 11) is 0. The first-order valence-electron chi connectivity index (χ1n) is 5.13. The Morgan fingerprint density at radius 3 is 2.78 bits per heavy atom. The Hall–Kier alpha value is -0.590. The highest BCUT2D eigenvalue weighted by molar-refractivity contribution is 14.1. The standard InChI is InChI=1S/C12H9Cl2IN2O/c1-7-9(2-3-10(15)17-7)18-6-8-4-5-16-12(14)11(8)13/h2-5H,6H2,1H3. The molecule has 2 aromatic heterocycles. The molecule has 94 valence electrons. The highest BCUT2D eigenvalue weighted by Crippen LogP contribution is 2.25. The fraction of sp³-hybridized carbons (Fsp3) is 0.167. The maximum absolute atomic E-state index is 6.03. The molecule has 2 rings (SSSR count). The third-order valence-corrected chi connectivity index (χ3v) is 3.72. The minimum absolute atomic E-state index is 0.287. The van der Waals surface area contributed by atoms with Crippen molar-refractivity contribution in [2.24, 2.45) is 0 Å². The van der Waals surface area contributed by atoms with Gasteiger partial charge in [-0.3, -0.25) is 0 Å². The van der Waals surface area contributed by atoms with E-state index in [-0.39, 0.29) is 5.15 Å². The topological polar surface area (TPSA) is 35.0 Å². The van der Waals surface area contributed by atoms with E-state index < -0.39 is 0 Å². The van der Waals surface area contributed by atoms with Crippen molar-refractivity contribution in [2.75, 3.05) is 0 Å². The Bertz CT molecular complexity index is 578. The zero-order valence-corrected chi connectivity index (χ0v) is 13.1. The van der Waals surface area contributed by atoms with Crippen molar-refractivity contribution in [3.05, 3.63) is 49.5 Å². The van der Waals surface area contributed by atoms with Crippen LogP contribution < -0.4 is 4.74 Å². The van der Waals surface area contributed by atoms with Gasteiger partial charge in [0, 0.05) is 11.8 Å². The number of rotatable bonds is 3. The number of ether oxygens (including phenoxy) is 1. The van der Waals surface area contributed by atoms with Gasteiger partial charge < -0.3 is 4.74 Å². The van der Waals surface area contributed by atoms with E-state index >= 15 is 0 Å². The van der Waals surface area contributed by atoms with Crippen molar-refractivity contribution < 1.29 is 4.74 Å². The third kappa shape index (κ3) is 3.24. The Balaban J connectivity index is 2.14. The van der Waals surface area contributed by atoms with Gasteiger partial charge in [-0.2, -0.15) is 0 Å². The van der Waals surface area contributed by atoms with Gasteiger partial charge in [-0.15, -0.1) is 0 Å². The maximum Gasteiger partial charge on any atom is 0.147 e. The summed E-state index contributed by atoms with van der Waals surface area (Å²) in [4.78, 5) is 8.20. The lowest BCUT2D eigenvalue weighted by atomic mass is 10.3. The van der Waals surface area contributed by atoms with Crippen molar-refractivity contribution in [3.63, 3.8) is 0 Å². The highest BCUT2D eigenvalue weighted by atomic mass is 127. The highest BCUT2D eigenvalue weighted by Gasteiger charge is 2.07. The molecule has 0 spiro atoms. The summed E-state index contributed by atoms with van der Waals surface area (Å²) in [5.41, 5.74) is 1.65. The van der Waals surface area contributed by atoms with Gasteiger partial charge in [-0.25, -0.2) is 9.97 Å². The minimum Gasteiger partial charge on any atom is -0.487 e. The Morgan fingerprint density at radius 1 is 1.28 bits per heavy atom. The lowest BCUT2D eigenvalue weighted by Gasteiger charge is -2.10. The Kier molecular flexibility index (Phi) is 4.64. The van der Waals surface area contributed by atoms with Crippen LogP contribution in [0.2, 0.25) is 10.2 Å². The summed E-state index contributed by atoms with van der Waals surface area (Å²) in [6.45, 7) is 2.24. The molecule has 18 heavy (non-hydrogen) atoms. The van der Waals surface area contributed by atoms with Crippen LogP contribution in [-0.4, -0.2) is 9.97 Å². The maximum atomic E-state index is 6.03. The number of aromatic nitrogens is 2. The predicted octanol–water partition coefficient (Wildman–Crippen LogP) is 4.28. The molecule has 0 unspecified atom stereocenters. The molecule has 0 saturated heterocycles. The molecule has 0 radical (unpaired) electrons. The molecule has 0 aliphatic rings. The quantitative estimate of drug-likeness (QED) is 0.575. The summed E-state index contributed by atoms with van der Waals surface area (Å²) < 4.78 is 6.61. The van der Waals surface area contributed by atoms with Crippen LogP contribution in [0.25, 0.3) is 0 Å². The van der Waals surface area contributed by atoms with Crippen LogP contribution in [0, 0.1) is 10.6 Å². The van der Waals surface area contributed by atoms with Crippen LogP contribution in [0.3, 0.4) is 0 Å². The molecule has 0 N–H and O–H groups in total. The molecule has 0 amide bonds. The first-order valence-corrected chi connectivity index (χ1v) is 6.96. The van der Waals surface area contributed by atoms with Crippen molar-refractivity contribution in [1.82, 2.24) is 9.97 Å². The average Bonchev–Trinajstić information content (AvgIpc) is 2.33. The number of aryl methyl sites for hydroxylation is 1. The van der Waals surface area contributed by atoms with Crippen LogP contribution in [0.4, 0.5) is 0 Å². The Morgan fingerprint density at radius 2 is 2.06 bits per heavy atom. The normalized spacial score (nSPS) is 10.4. The second kappa shape index (κ2) is 6.04. The number of hydrogen-bond acceptors (Lipinski definition) is 3. The van der Waals surface area contributed by atoms with E-state index in [0.29, 0.717) is 11.6 Å². The Labute approximate surface area is 129 Å². The van der Waals surface area contributed by atoms with E-state index in [0.717, 1.165) is 20.7 Å². The fourth-order valence-corrected chi connectivity index (χ4v) is 2.28. The molecule has 0 aliphatic heterocycles. The number of nitrogens with zero attached hydrogens (tertiary/aromatic N) is 2. The molecule has 0 bridgehead atoms. The largest absolute Gasteiger partial charge is 0.487 e. The van der Waals surface area contributed by atoms with E-state index in [1.54, 1.807) is 12.3 Å². The summed E-state index contributed by atoms with van der Waals surface area (Å²) in [5.74, 6) is 0.736.